The largest absolute Gasteiger partial charge is 0.459 e. The van der Waals surface area contributed by atoms with Crippen LogP contribution in [0.3, 0.4) is 0 Å². The molecule has 0 aliphatic carbocycles. The summed E-state index contributed by atoms with van der Waals surface area (Å²) in [7, 11) is 0. The molecule has 29 heavy (non-hydrogen) atoms. The first kappa shape index (κ1) is 18.6. The van der Waals surface area contributed by atoms with Crippen LogP contribution >= 0.6 is 11.3 Å². The molecule has 0 aliphatic heterocycles. The molecule has 2 heterocycles. The summed E-state index contributed by atoms with van der Waals surface area (Å²) in [5.41, 5.74) is 6.65. The molecule has 0 radical (unpaired) electrons. The maximum atomic E-state index is 12.4. The van der Waals surface area contributed by atoms with Crippen molar-refractivity contribution in [2.75, 3.05) is 10.7 Å². The van der Waals surface area contributed by atoms with Gasteiger partial charge in [-0.15, -0.1) is 0 Å². The van der Waals surface area contributed by atoms with Crippen LogP contribution in [0.4, 0.5) is 10.1 Å². The van der Waals surface area contributed by atoms with Crippen molar-refractivity contribution in [3.63, 3.8) is 0 Å². The van der Waals surface area contributed by atoms with E-state index in [4.69, 9.17) is 4.42 Å². The van der Waals surface area contributed by atoms with Crippen LogP contribution in [0.5, 0.6) is 0 Å². The Balaban J connectivity index is 1.60. The zero-order chi connectivity index (χ0) is 20.1. The lowest BCUT2D eigenvalue weighted by Crippen LogP contribution is -2.10. The average molecular weight is 402 g/mol. The highest BCUT2D eigenvalue weighted by atomic mass is 32.1. The van der Waals surface area contributed by atoms with Gasteiger partial charge >= 0.3 is 0 Å². The van der Waals surface area contributed by atoms with E-state index in [0.717, 1.165) is 16.7 Å². The van der Waals surface area contributed by atoms with Gasteiger partial charge < -0.3 is 9.73 Å². The summed E-state index contributed by atoms with van der Waals surface area (Å²) >= 11 is 1.31. The number of rotatable bonds is 6. The van der Waals surface area contributed by atoms with Crippen molar-refractivity contribution >= 4 is 33.6 Å². The van der Waals surface area contributed by atoms with Gasteiger partial charge in [0.15, 0.2) is 5.76 Å². The number of thiazole rings is 1. The SMILES string of the molecule is Cc1ccc(-c2nc(N/N=C/c3ccccc3)sc2NC(=O)c2ccco2)cc1. The fraction of sp³-hybridized carbons (Fsp3) is 0.0455. The van der Waals surface area contributed by atoms with Gasteiger partial charge in [0, 0.05) is 5.56 Å². The van der Waals surface area contributed by atoms with Crippen molar-refractivity contribution in [2.45, 2.75) is 6.92 Å². The molecule has 144 valence electrons. The number of aryl methyl sites for hydroxylation is 1. The minimum Gasteiger partial charge on any atom is -0.459 e. The number of hydrazone groups is 1. The van der Waals surface area contributed by atoms with E-state index >= 15 is 0 Å². The van der Waals surface area contributed by atoms with Gasteiger partial charge in [0.25, 0.3) is 5.91 Å². The molecule has 0 spiro atoms. The lowest BCUT2D eigenvalue weighted by molar-refractivity contribution is 0.0997. The van der Waals surface area contributed by atoms with E-state index < -0.39 is 0 Å². The number of carbonyl (C=O) groups excluding carboxylic acids is 1. The van der Waals surface area contributed by atoms with Crippen LogP contribution in [-0.2, 0) is 0 Å². The van der Waals surface area contributed by atoms with Gasteiger partial charge in [-0.2, -0.15) is 5.10 Å². The van der Waals surface area contributed by atoms with Gasteiger partial charge in [0.1, 0.15) is 10.7 Å². The van der Waals surface area contributed by atoms with E-state index in [9.17, 15) is 4.79 Å². The van der Waals surface area contributed by atoms with Gasteiger partial charge in [0.05, 0.1) is 12.5 Å². The number of carbonyl (C=O) groups is 1. The monoisotopic (exact) mass is 402 g/mol. The highest BCUT2D eigenvalue weighted by molar-refractivity contribution is 7.20. The summed E-state index contributed by atoms with van der Waals surface area (Å²) in [6.07, 6.45) is 3.18. The van der Waals surface area contributed by atoms with Crippen LogP contribution in [0.15, 0.2) is 82.5 Å². The van der Waals surface area contributed by atoms with Crippen molar-refractivity contribution in [1.29, 1.82) is 0 Å². The maximum Gasteiger partial charge on any atom is 0.292 e. The number of anilines is 2. The fourth-order valence-corrected chi connectivity index (χ4v) is 3.47. The summed E-state index contributed by atoms with van der Waals surface area (Å²) in [5, 5.41) is 8.32. The van der Waals surface area contributed by atoms with Crippen molar-refractivity contribution in [3.8, 4) is 11.3 Å². The van der Waals surface area contributed by atoms with Gasteiger partial charge in [-0.25, -0.2) is 4.98 Å². The van der Waals surface area contributed by atoms with E-state index in [1.807, 2.05) is 61.5 Å². The Morgan fingerprint density at radius 1 is 1.07 bits per heavy atom. The number of benzene rings is 2. The number of aromatic nitrogens is 1. The molecule has 6 nitrogen and oxygen atoms in total. The summed E-state index contributed by atoms with van der Waals surface area (Å²) < 4.78 is 5.18. The molecule has 0 atom stereocenters. The van der Waals surface area contributed by atoms with E-state index in [1.54, 1.807) is 18.3 Å². The van der Waals surface area contributed by atoms with Crippen LogP contribution in [0.1, 0.15) is 21.7 Å². The Hall–Kier alpha value is -3.71. The third-order valence-corrected chi connectivity index (χ3v) is 4.97. The lowest BCUT2D eigenvalue weighted by Gasteiger charge is -2.04. The summed E-state index contributed by atoms with van der Waals surface area (Å²) in [6, 6.07) is 21.0. The number of furan rings is 1. The quantitative estimate of drug-likeness (QED) is 0.334. The van der Waals surface area contributed by atoms with Gasteiger partial charge in [-0.1, -0.05) is 71.5 Å². The van der Waals surface area contributed by atoms with Gasteiger partial charge in [0.2, 0.25) is 5.13 Å². The highest BCUT2D eigenvalue weighted by Gasteiger charge is 2.17. The van der Waals surface area contributed by atoms with Crippen molar-refractivity contribution in [3.05, 3.63) is 89.9 Å². The summed E-state index contributed by atoms with van der Waals surface area (Å²) in [5.74, 6) is -0.0868. The van der Waals surface area contributed by atoms with Crippen molar-refractivity contribution < 1.29 is 9.21 Å². The van der Waals surface area contributed by atoms with Crippen LogP contribution in [0, 0.1) is 6.92 Å². The number of nitrogens with one attached hydrogen (secondary N) is 2. The molecule has 0 fully saturated rings. The Kier molecular flexibility index (Phi) is 5.49. The predicted molar refractivity (Wildman–Crippen MR) is 117 cm³/mol. The van der Waals surface area contributed by atoms with E-state index in [-0.39, 0.29) is 11.7 Å². The Bertz CT molecular complexity index is 1120. The average Bonchev–Trinajstić information content (AvgIpc) is 3.40. The smallest absolute Gasteiger partial charge is 0.292 e. The lowest BCUT2D eigenvalue weighted by atomic mass is 10.1. The summed E-state index contributed by atoms with van der Waals surface area (Å²) in [6.45, 7) is 2.02. The highest BCUT2D eigenvalue weighted by Crippen LogP contribution is 2.36. The second-order valence-electron chi connectivity index (χ2n) is 6.27. The predicted octanol–water partition coefficient (Wildman–Crippen LogP) is 5.41. The zero-order valence-corrected chi connectivity index (χ0v) is 16.4. The molecule has 1 amide bonds. The first-order chi connectivity index (χ1) is 14.2. The molecule has 2 aromatic carbocycles. The molecular formula is C22H18N4O2S. The minimum atomic E-state index is -0.327. The van der Waals surface area contributed by atoms with Crippen LogP contribution < -0.4 is 10.7 Å². The maximum absolute atomic E-state index is 12.4. The Morgan fingerprint density at radius 3 is 2.59 bits per heavy atom. The van der Waals surface area contributed by atoms with Crippen molar-refractivity contribution in [2.24, 2.45) is 5.10 Å². The van der Waals surface area contributed by atoms with Crippen LogP contribution in [0.2, 0.25) is 0 Å². The molecule has 0 saturated heterocycles. The summed E-state index contributed by atoms with van der Waals surface area (Å²) in [4.78, 5) is 17.1. The molecule has 2 N–H and O–H groups in total. The number of nitrogens with zero attached hydrogens (tertiary/aromatic N) is 2. The number of amides is 1. The third-order valence-electron chi connectivity index (χ3n) is 4.10. The number of hydrogen-bond acceptors (Lipinski definition) is 6. The van der Waals surface area contributed by atoms with Crippen LogP contribution in [0.25, 0.3) is 11.3 Å². The molecule has 4 rings (SSSR count). The second kappa shape index (κ2) is 8.53. The third kappa shape index (κ3) is 4.59. The Morgan fingerprint density at radius 2 is 1.86 bits per heavy atom. The van der Waals surface area contributed by atoms with E-state index in [2.05, 4.69) is 20.8 Å². The fourth-order valence-electron chi connectivity index (χ4n) is 2.63. The topological polar surface area (TPSA) is 79.5 Å². The van der Waals surface area contributed by atoms with E-state index in [0.29, 0.717) is 15.8 Å². The first-order valence-corrected chi connectivity index (χ1v) is 9.77. The Labute approximate surface area is 171 Å². The second-order valence-corrected chi connectivity index (χ2v) is 7.27. The molecule has 0 unspecified atom stereocenters. The van der Waals surface area contributed by atoms with Crippen LogP contribution in [-0.4, -0.2) is 17.1 Å². The first-order valence-electron chi connectivity index (χ1n) is 8.96. The molecule has 7 heteroatoms. The molecular weight excluding hydrogens is 384 g/mol. The molecule has 0 saturated carbocycles. The zero-order valence-electron chi connectivity index (χ0n) is 15.6. The molecule has 2 aromatic heterocycles. The normalized spacial score (nSPS) is 10.9. The van der Waals surface area contributed by atoms with Gasteiger partial charge in [-0.05, 0) is 24.6 Å². The minimum absolute atomic E-state index is 0.241. The van der Waals surface area contributed by atoms with Crippen molar-refractivity contribution in [1.82, 2.24) is 4.98 Å². The molecule has 4 aromatic rings. The molecule has 0 aliphatic rings. The van der Waals surface area contributed by atoms with E-state index in [1.165, 1.54) is 17.6 Å². The standard InChI is InChI=1S/C22H18N4O2S/c1-15-9-11-17(12-10-15)19-21(25-20(27)18-8-5-13-28-18)29-22(24-19)26-23-14-16-6-3-2-4-7-16/h2-14H,1H3,(H,24,26)(H,25,27)/b23-14+. The molecule has 0 bridgehead atoms. The number of hydrogen-bond donors (Lipinski definition) is 2. The van der Waals surface area contributed by atoms with Gasteiger partial charge in [-0.3, -0.25) is 10.2 Å².